The Labute approximate surface area is 442 Å². The molecular formula is C52H66N8O17. The van der Waals surface area contributed by atoms with Gasteiger partial charge in [-0.25, -0.2) is 9.59 Å². The molecule has 10 atom stereocenters. The molecule has 25 heteroatoms. The van der Waals surface area contributed by atoms with Crippen molar-refractivity contribution < 1.29 is 82.0 Å². The molecule has 8 rings (SSSR count). The fourth-order valence-corrected chi connectivity index (χ4v) is 10.5. The smallest absolute Gasteiger partial charge is 0.407 e. The number of phenols is 2. The van der Waals surface area contributed by atoms with E-state index in [4.69, 9.17) is 44.6 Å². The number of phenolic OH excluding ortho intramolecular Hbond substituents is 2. The summed E-state index contributed by atoms with van der Waals surface area (Å²) in [6, 6.07) is 7.95. The van der Waals surface area contributed by atoms with Gasteiger partial charge in [-0.05, 0) is 49.4 Å². The number of alkyl carbamates (subject to hydrolysis) is 1. The number of carbonyl (C=O) groups is 7. The molecule has 3 aromatic carbocycles. The first-order valence-electron chi connectivity index (χ1n) is 25.4. The van der Waals surface area contributed by atoms with E-state index in [0.29, 0.717) is 30.8 Å². The minimum atomic E-state index is -2.36. The zero-order chi connectivity index (χ0) is 55.5. The molecule has 5 aliphatic rings. The van der Waals surface area contributed by atoms with Crippen LogP contribution in [0.4, 0.5) is 15.3 Å². The number of rotatable bonds is 19. The molecule has 3 fully saturated rings. The van der Waals surface area contributed by atoms with E-state index in [-0.39, 0.29) is 79.0 Å². The number of nitrogens with zero attached hydrogens (tertiary/aromatic N) is 1. The van der Waals surface area contributed by atoms with Crippen molar-refractivity contribution in [3.8, 4) is 17.2 Å². The van der Waals surface area contributed by atoms with Gasteiger partial charge in [-0.2, -0.15) is 0 Å². The van der Waals surface area contributed by atoms with E-state index in [1.807, 2.05) is 0 Å². The molecule has 3 saturated heterocycles. The first-order chi connectivity index (χ1) is 36.7. The monoisotopic (exact) mass is 1070 g/mol. The standard InChI is InChI=1S/C52H66N8O17/c1-24(2)39(53)46(66)59-30(9-7-15-56-50(54)68)45(65)58-27-13-11-26(12-14-27)23-74-51(69)57-17-16-55-49(67)52(70)21-29-36(43(64)38-37(41(29)62)40(61)28-8-6-10-32(71-4)35(28)42(38)63)33(22-52)76-34-20-31-44(25(3)75-34)77-47-48(72-5)73-19-18-60(31)47/h6,8,10-14,24-25,30-31,33-34,39,44,47-48,62,64,70H,7,9,15-23,53H2,1-5H3,(H,55,67)(H,57,69)(H,58,65)(H,59,66)(H3,54,56,68)/t25-,30-,31-,33-,34-,39-,44+,47+,48-,52-/m0/s1. The highest BCUT2D eigenvalue weighted by atomic mass is 16.7. The van der Waals surface area contributed by atoms with Crippen molar-refractivity contribution in [1.82, 2.24) is 26.2 Å². The Morgan fingerprint density at radius 2 is 1.64 bits per heavy atom. The maximum absolute atomic E-state index is 14.2. The normalized spacial score (nSPS) is 25.2. The van der Waals surface area contributed by atoms with Crippen LogP contribution in [0, 0.1) is 5.92 Å². The molecule has 77 heavy (non-hydrogen) atoms. The predicted molar refractivity (Wildman–Crippen MR) is 269 cm³/mol. The summed E-state index contributed by atoms with van der Waals surface area (Å²) in [7, 11) is 2.84. The van der Waals surface area contributed by atoms with Crippen LogP contribution in [0.3, 0.4) is 0 Å². The summed E-state index contributed by atoms with van der Waals surface area (Å²) in [6.45, 7) is 5.88. The summed E-state index contributed by atoms with van der Waals surface area (Å²) >= 11 is 0. The number of benzene rings is 3. The van der Waals surface area contributed by atoms with Crippen molar-refractivity contribution in [2.24, 2.45) is 17.4 Å². The van der Waals surface area contributed by atoms with E-state index in [0.717, 1.165) is 0 Å². The molecule has 12 N–H and O–H groups in total. The van der Waals surface area contributed by atoms with Gasteiger partial charge in [0.15, 0.2) is 24.6 Å². The third-order valence-electron chi connectivity index (χ3n) is 14.5. The summed E-state index contributed by atoms with van der Waals surface area (Å²) in [5.74, 6) is -5.07. The number of hydrogen-bond acceptors (Lipinski definition) is 19. The Morgan fingerprint density at radius 3 is 2.34 bits per heavy atom. The first-order valence-corrected chi connectivity index (χ1v) is 25.4. The summed E-state index contributed by atoms with van der Waals surface area (Å²) in [5, 5.41) is 49.4. The number of primary amides is 1. The van der Waals surface area contributed by atoms with Crippen LogP contribution >= 0.6 is 0 Å². The molecule has 0 saturated carbocycles. The van der Waals surface area contributed by atoms with E-state index >= 15 is 0 Å². The maximum atomic E-state index is 14.2. The SMILES string of the molecule is COc1cccc2c1C(=O)c1c(O)c3c(c(O)c1C2=O)C[C@@](O)(C(=O)NCCNC(=O)OCc1ccc(NC(=O)[C@H](CCCNC(N)=O)NC(=O)[C@@H](N)C(C)C)cc1)C[C@@H]3O[C@H]1C[C@H]2[C@H](O[C@@H]3[C@@H](OC)OCCN32)[C@H](C)O1. The number of ether oxygens (including phenoxy) is 7. The Kier molecular flexibility index (Phi) is 17.3. The molecular weight excluding hydrogens is 1010 g/mol. The largest absolute Gasteiger partial charge is 0.507 e. The number of morpholine rings is 1. The number of ketones is 2. The molecule has 25 nitrogen and oxygen atoms in total. The van der Waals surface area contributed by atoms with Crippen molar-refractivity contribution in [3.05, 3.63) is 81.4 Å². The number of aromatic hydroxyl groups is 2. The molecule has 0 bridgehead atoms. The summed E-state index contributed by atoms with van der Waals surface area (Å²) in [6.07, 6.45) is -5.82. The van der Waals surface area contributed by atoms with Gasteiger partial charge in [0.05, 0.1) is 48.7 Å². The van der Waals surface area contributed by atoms with Crippen LogP contribution in [-0.2, 0) is 55.8 Å². The average molecular weight is 1080 g/mol. The molecule has 2 aliphatic carbocycles. The third-order valence-corrected chi connectivity index (χ3v) is 14.5. The molecule has 416 valence electrons. The topological polar surface area (TPSA) is 360 Å². The highest BCUT2D eigenvalue weighted by molar-refractivity contribution is 6.31. The quantitative estimate of drug-likeness (QED) is 0.0463. The summed E-state index contributed by atoms with van der Waals surface area (Å²) < 4.78 is 41.3. The van der Waals surface area contributed by atoms with Crippen molar-refractivity contribution in [3.63, 3.8) is 0 Å². The number of methoxy groups -OCH3 is 2. The fourth-order valence-electron chi connectivity index (χ4n) is 10.5. The maximum Gasteiger partial charge on any atom is 0.407 e. The second kappa shape index (κ2) is 23.7. The number of nitrogens with two attached hydrogens (primary N) is 2. The minimum Gasteiger partial charge on any atom is -0.507 e. The molecule has 3 aromatic rings. The van der Waals surface area contributed by atoms with Crippen LogP contribution in [0.5, 0.6) is 17.2 Å². The van der Waals surface area contributed by atoms with Crippen molar-refractivity contribution in [1.29, 1.82) is 0 Å². The molecule has 0 radical (unpaired) electrons. The third kappa shape index (κ3) is 11.8. The van der Waals surface area contributed by atoms with Gasteiger partial charge < -0.3 is 86.5 Å². The summed E-state index contributed by atoms with van der Waals surface area (Å²) in [5.41, 5.74) is 8.19. The highest BCUT2D eigenvalue weighted by Gasteiger charge is 2.55. The van der Waals surface area contributed by atoms with Crippen LogP contribution < -0.4 is 42.8 Å². The van der Waals surface area contributed by atoms with Crippen LogP contribution in [0.15, 0.2) is 42.5 Å². The lowest BCUT2D eigenvalue weighted by molar-refractivity contribution is -0.256. The second-order valence-electron chi connectivity index (χ2n) is 19.9. The lowest BCUT2D eigenvalue weighted by Gasteiger charge is -2.43. The van der Waals surface area contributed by atoms with Crippen LogP contribution in [0.25, 0.3) is 0 Å². The van der Waals surface area contributed by atoms with Gasteiger partial charge in [0.1, 0.15) is 41.6 Å². The summed E-state index contributed by atoms with van der Waals surface area (Å²) in [4.78, 5) is 94.4. The Balaban J connectivity index is 0.913. The molecule has 0 unspecified atom stereocenters. The van der Waals surface area contributed by atoms with E-state index < -0.39 is 132 Å². The van der Waals surface area contributed by atoms with Crippen LogP contribution in [0.1, 0.15) is 101 Å². The Bertz CT molecular complexity index is 2760. The number of fused-ring (bicyclic) bond motifs is 6. The van der Waals surface area contributed by atoms with Crippen LogP contribution in [-0.4, -0.2) is 163 Å². The van der Waals surface area contributed by atoms with Gasteiger partial charge in [-0.3, -0.25) is 28.9 Å². The second-order valence-corrected chi connectivity index (χ2v) is 19.9. The molecule has 3 aliphatic heterocycles. The first kappa shape index (κ1) is 56.2. The van der Waals surface area contributed by atoms with Gasteiger partial charge in [0, 0.05) is 81.0 Å². The van der Waals surface area contributed by atoms with Crippen LogP contribution in [0.2, 0.25) is 0 Å². The van der Waals surface area contributed by atoms with Gasteiger partial charge >= 0.3 is 12.1 Å². The highest BCUT2D eigenvalue weighted by Crippen LogP contribution is 2.53. The van der Waals surface area contributed by atoms with E-state index in [1.165, 1.54) is 32.4 Å². The predicted octanol–water partition coefficient (Wildman–Crippen LogP) is 1.05. The minimum absolute atomic E-state index is 0.0727. The van der Waals surface area contributed by atoms with E-state index in [1.54, 1.807) is 45.0 Å². The molecule has 3 heterocycles. The van der Waals surface area contributed by atoms with E-state index in [2.05, 4.69) is 31.5 Å². The van der Waals surface area contributed by atoms with Crippen molar-refractivity contribution in [2.45, 2.75) is 120 Å². The number of nitrogens with one attached hydrogen (secondary N) is 5. The zero-order valence-electron chi connectivity index (χ0n) is 43.3. The number of anilines is 1. The number of amides is 6. The lowest BCUT2D eigenvalue weighted by Crippen LogP contribution is -2.55. The van der Waals surface area contributed by atoms with Gasteiger partial charge in [0.25, 0.3) is 5.91 Å². The molecule has 0 spiro atoms. The Morgan fingerprint density at radius 1 is 0.909 bits per heavy atom. The zero-order valence-corrected chi connectivity index (χ0v) is 43.3. The lowest BCUT2D eigenvalue weighted by atomic mass is 9.72. The number of carbonyl (C=O) groups excluding carboxylic acids is 7. The van der Waals surface area contributed by atoms with Gasteiger partial charge in [0.2, 0.25) is 17.6 Å². The number of aliphatic hydroxyl groups is 1. The number of urea groups is 1. The molecule has 0 aromatic heterocycles. The van der Waals surface area contributed by atoms with E-state index in [9.17, 15) is 48.9 Å². The Hall–Kier alpha value is -6.97. The molecule has 6 amide bonds. The average Bonchev–Trinajstić information content (AvgIpc) is 3.81. The van der Waals surface area contributed by atoms with Crippen molar-refractivity contribution in [2.75, 3.05) is 52.3 Å². The van der Waals surface area contributed by atoms with Gasteiger partial charge in [-0.15, -0.1) is 0 Å². The number of hydrogen-bond donors (Lipinski definition) is 10. The van der Waals surface area contributed by atoms with Gasteiger partial charge in [-0.1, -0.05) is 38.1 Å². The fraction of sp³-hybridized carbons (Fsp3) is 0.519. The van der Waals surface area contributed by atoms with Crippen molar-refractivity contribution >= 4 is 47.1 Å².